The highest BCUT2D eigenvalue weighted by Gasteiger charge is 2.19. The minimum Gasteiger partial charge on any atom is -0.352 e. The molecule has 0 bridgehead atoms. The number of hydrogen-bond acceptors (Lipinski definition) is 4. The SMILES string of the molecule is CC(C)c1cc(N2CCc3cc(Br)ccc3C2)nc(Nc2ccccc2)n1. The molecule has 0 unspecified atom stereocenters. The quantitative estimate of drug-likeness (QED) is 0.587. The van der Waals surface area contributed by atoms with E-state index in [1.165, 1.54) is 11.1 Å². The van der Waals surface area contributed by atoms with Gasteiger partial charge in [-0.3, -0.25) is 0 Å². The summed E-state index contributed by atoms with van der Waals surface area (Å²) in [6.45, 7) is 6.17. The number of nitrogens with zero attached hydrogens (tertiary/aromatic N) is 3. The highest BCUT2D eigenvalue weighted by molar-refractivity contribution is 9.10. The lowest BCUT2D eigenvalue weighted by Gasteiger charge is -2.30. The van der Waals surface area contributed by atoms with Gasteiger partial charge in [0.2, 0.25) is 5.95 Å². The van der Waals surface area contributed by atoms with Gasteiger partial charge in [-0.25, -0.2) is 4.98 Å². The van der Waals surface area contributed by atoms with Gasteiger partial charge in [0.25, 0.3) is 0 Å². The molecule has 0 fully saturated rings. The fourth-order valence-electron chi connectivity index (χ4n) is 3.33. The second kappa shape index (κ2) is 7.69. The molecule has 0 radical (unpaired) electrons. The van der Waals surface area contributed by atoms with Crippen LogP contribution in [0.4, 0.5) is 17.5 Å². The van der Waals surface area contributed by atoms with E-state index in [0.717, 1.165) is 41.2 Å². The summed E-state index contributed by atoms with van der Waals surface area (Å²) in [5, 5.41) is 3.35. The molecule has 0 amide bonds. The number of benzene rings is 2. The van der Waals surface area contributed by atoms with Crippen molar-refractivity contribution in [3.63, 3.8) is 0 Å². The lowest BCUT2D eigenvalue weighted by molar-refractivity contribution is 0.714. The van der Waals surface area contributed by atoms with Crippen molar-refractivity contribution in [1.82, 2.24) is 9.97 Å². The summed E-state index contributed by atoms with van der Waals surface area (Å²) < 4.78 is 1.15. The Bertz CT molecular complexity index is 940. The van der Waals surface area contributed by atoms with E-state index in [2.05, 4.69) is 64.3 Å². The summed E-state index contributed by atoms with van der Waals surface area (Å²) in [5.41, 5.74) is 4.84. The van der Waals surface area contributed by atoms with E-state index in [1.54, 1.807) is 0 Å². The molecule has 1 N–H and O–H groups in total. The number of aromatic nitrogens is 2. The van der Waals surface area contributed by atoms with Crippen LogP contribution in [-0.2, 0) is 13.0 Å². The van der Waals surface area contributed by atoms with Crippen molar-refractivity contribution >= 4 is 33.4 Å². The molecule has 2 aromatic carbocycles. The second-order valence-corrected chi connectivity index (χ2v) is 8.12. The molecular formula is C22H23BrN4. The lowest BCUT2D eigenvalue weighted by Crippen LogP contribution is -2.31. The maximum Gasteiger partial charge on any atom is 0.229 e. The Morgan fingerprint density at radius 3 is 2.59 bits per heavy atom. The molecule has 0 aliphatic carbocycles. The van der Waals surface area contributed by atoms with E-state index >= 15 is 0 Å². The Morgan fingerprint density at radius 2 is 1.81 bits per heavy atom. The zero-order chi connectivity index (χ0) is 18.8. The van der Waals surface area contributed by atoms with Crippen molar-refractivity contribution < 1.29 is 0 Å². The largest absolute Gasteiger partial charge is 0.352 e. The molecule has 4 rings (SSSR count). The maximum absolute atomic E-state index is 4.82. The third-order valence-electron chi connectivity index (χ3n) is 4.86. The van der Waals surface area contributed by atoms with E-state index < -0.39 is 0 Å². The van der Waals surface area contributed by atoms with Crippen LogP contribution in [0.2, 0.25) is 0 Å². The summed E-state index contributed by atoms with van der Waals surface area (Å²) in [4.78, 5) is 11.9. The Hall–Kier alpha value is -2.40. The molecule has 0 atom stereocenters. The average molecular weight is 423 g/mol. The minimum atomic E-state index is 0.344. The fourth-order valence-corrected chi connectivity index (χ4v) is 3.74. The van der Waals surface area contributed by atoms with Crippen molar-refractivity contribution in [2.24, 2.45) is 0 Å². The molecule has 0 spiro atoms. The highest BCUT2D eigenvalue weighted by Crippen LogP contribution is 2.28. The van der Waals surface area contributed by atoms with Crippen LogP contribution in [0, 0.1) is 0 Å². The number of nitrogens with one attached hydrogen (secondary N) is 1. The molecular weight excluding hydrogens is 400 g/mol. The predicted octanol–water partition coefficient (Wildman–Crippen LogP) is 5.67. The van der Waals surface area contributed by atoms with Gasteiger partial charge < -0.3 is 10.2 Å². The summed E-state index contributed by atoms with van der Waals surface area (Å²) in [6.07, 6.45) is 1.03. The molecule has 1 aromatic heterocycles. The van der Waals surface area contributed by atoms with Crippen molar-refractivity contribution in [3.8, 4) is 0 Å². The molecule has 27 heavy (non-hydrogen) atoms. The molecule has 5 heteroatoms. The van der Waals surface area contributed by atoms with Gasteiger partial charge in [0.05, 0.1) is 5.69 Å². The first-order valence-electron chi connectivity index (χ1n) is 9.32. The maximum atomic E-state index is 4.82. The highest BCUT2D eigenvalue weighted by atomic mass is 79.9. The van der Waals surface area contributed by atoms with E-state index in [4.69, 9.17) is 9.97 Å². The molecule has 3 aromatic rings. The Kier molecular flexibility index (Phi) is 5.12. The monoisotopic (exact) mass is 422 g/mol. The first-order valence-corrected chi connectivity index (χ1v) is 10.1. The predicted molar refractivity (Wildman–Crippen MR) is 115 cm³/mol. The van der Waals surface area contributed by atoms with E-state index in [-0.39, 0.29) is 0 Å². The van der Waals surface area contributed by atoms with Gasteiger partial charge in [0.15, 0.2) is 0 Å². The van der Waals surface area contributed by atoms with Crippen LogP contribution in [0.15, 0.2) is 59.1 Å². The average Bonchev–Trinajstić information content (AvgIpc) is 2.68. The van der Waals surface area contributed by atoms with E-state index in [1.807, 2.05) is 30.3 Å². The summed E-state index contributed by atoms with van der Waals surface area (Å²) >= 11 is 3.57. The lowest BCUT2D eigenvalue weighted by atomic mass is 10.00. The topological polar surface area (TPSA) is 41.1 Å². The van der Waals surface area contributed by atoms with Gasteiger partial charge in [0, 0.05) is 29.3 Å². The van der Waals surface area contributed by atoms with Crippen molar-refractivity contribution in [1.29, 1.82) is 0 Å². The van der Waals surface area contributed by atoms with Gasteiger partial charge >= 0.3 is 0 Å². The van der Waals surface area contributed by atoms with Crippen LogP contribution in [-0.4, -0.2) is 16.5 Å². The van der Waals surface area contributed by atoms with Crippen molar-refractivity contribution in [2.75, 3.05) is 16.8 Å². The van der Waals surface area contributed by atoms with E-state index in [9.17, 15) is 0 Å². The Morgan fingerprint density at radius 1 is 1.00 bits per heavy atom. The van der Waals surface area contributed by atoms with Crippen molar-refractivity contribution in [3.05, 3.63) is 75.9 Å². The normalized spacial score (nSPS) is 13.6. The van der Waals surface area contributed by atoms with Crippen molar-refractivity contribution in [2.45, 2.75) is 32.7 Å². The standard InChI is InChI=1S/C22H23BrN4/c1-15(2)20-13-21(26-22(25-20)24-19-6-4-3-5-7-19)27-11-10-16-12-18(23)9-8-17(16)14-27/h3-9,12-13,15H,10-11,14H2,1-2H3,(H,24,25,26). The van der Waals surface area contributed by atoms with Gasteiger partial charge in [-0.05, 0) is 47.7 Å². The Balaban J connectivity index is 1.65. The summed E-state index contributed by atoms with van der Waals surface area (Å²) in [7, 11) is 0. The van der Waals surface area contributed by atoms with Crippen LogP contribution in [0.1, 0.15) is 36.6 Å². The number of rotatable bonds is 4. The smallest absolute Gasteiger partial charge is 0.229 e. The number of hydrogen-bond donors (Lipinski definition) is 1. The minimum absolute atomic E-state index is 0.344. The Labute approximate surface area is 168 Å². The molecule has 4 nitrogen and oxygen atoms in total. The summed E-state index contributed by atoms with van der Waals surface area (Å²) in [5.74, 6) is 1.99. The van der Waals surface area contributed by atoms with Crippen LogP contribution in [0.25, 0.3) is 0 Å². The molecule has 138 valence electrons. The zero-order valence-electron chi connectivity index (χ0n) is 15.6. The molecule has 2 heterocycles. The van der Waals surface area contributed by atoms with Gasteiger partial charge in [-0.2, -0.15) is 4.98 Å². The third-order valence-corrected chi connectivity index (χ3v) is 5.35. The van der Waals surface area contributed by atoms with Crippen LogP contribution in [0.3, 0.4) is 0 Å². The van der Waals surface area contributed by atoms with Crippen LogP contribution in [0.5, 0.6) is 0 Å². The number of fused-ring (bicyclic) bond motifs is 1. The van der Waals surface area contributed by atoms with Gasteiger partial charge in [0.1, 0.15) is 5.82 Å². The molecule has 0 saturated carbocycles. The van der Waals surface area contributed by atoms with E-state index in [0.29, 0.717) is 11.9 Å². The second-order valence-electron chi connectivity index (χ2n) is 7.20. The summed E-state index contributed by atoms with van der Waals surface area (Å²) in [6, 6.07) is 18.8. The molecule has 0 saturated heterocycles. The first kappa shape index (κ1) is 18.0. The number of para-hydroxylation sites is 1. The first-order chi connectivity index (χ1) is 13.1. The van der Waals surface area contributed by atoms with Crippen LogP contribution < -0.4 is 10.2 Å². The van der Waals surface area contributed by atoms with Gasteiger partial charge in [-0.1, -0.05) is 54.0 Å². The number of anilines is 3. The molecule has 1 aliphatic rings. The fraction of sp³-hybridized carbons (Fsp3) is 0.273. The number of halogens is 1. The molecule has 1 aliphatic heterocycles. The van der Waals surface area contributed by atoms with Gasteiger partial charge in [-0.15, -0.1) is 0 Å². The zero-order valence-corrected chi connectivity index (χ0v) is 17.2. The van der Waals surface area contributed by atoms with Crippen LogP contribution >= 0.6 is 15.9 Å². The third kappa shape index (κ3) is 4.14.